The molecule has 5 nitrogen and oxygen atoms in total. The summed E-state index contributed by atoms with van der Waals surface area (Å²) in [6.07, 6.45) is 3.55. The van der Waals surface area contributed by atoms with Crippen molar-refractivity contribution < 1.29 is 14.3 Å². The molecule has 0 saturated carbocycles. The van der Waals surface area contributed by atoms with Gasteiger partial charge in [0.25, 0.3) is 5.91 Å². The monoisotopic (exact) mass is 396 g/mol. The number of hydrogen-bond acceptors (Lipinski definition) is 5. The van der Waals surface area contributed by atoms with Gasteiger partial charge in [0.05, 0.1) is 11.1 Å². The molecule has 2 aromatic rings. The molecular weight excluding hydrogens is 372 g/mol. The van der Waals surface area contributed by atoms with Gasteiger partial charge in [-0.3, -0.25) is 9.78 Å². The van der Waals surface area contributed by atoms with Crippen LogP contribution in [-0.4, -0.2) is 41.8 Å². The summed E-state index contributed by atoms with van der Waals surface area (Å²) in [4.78, 5) is 17.0. The molecular formula is C22H24N2O3S. The summed E-state index contributed by atoms with van der Waals surface area (Å²) in [5.41, 5.74) is 0.314. The molecule has 1 aromatic heterocycles. The van der Waals surface area contributed by atoms with Crippen molar-refractivity contribution in [2.24, 2.45) is 0 Å². The van der Waals surface area contributed by atoms with Crippen LogP contribution in [0.5, 0.6) is 5.75 Å². The number of thioether (sulfide) groups is 1. The number of carbonyl (C=O) groups is 1. The van der Waals surface area contributed by atoms with Crippen LogP contribution in [0.15, 0.2) is 30.5 Å². The predicted octanol–water partition coefficient (Wildman–Crippen LogP) is 3.22. The van der Waals surface area contributed by atoms with Crippen LogP contribution in [0.2, 0.25) is 0 Å². The number of nitrogens with zero attached hydrogens (tertiary/aromatic N) is 1. The smallest absolute Gasteiger partial charge is 0.272 e. The maximum atomic E-state index is 12.6. The van der Waals surface area contributed by atoms with Crippen LogP contribution >= 0.6 is 11.8 Å². The van der Waals surface area contributed by atoms with Crippen molar-refractivity contribution >= 4 is 28.6 Å². The molecule has 1 atom stereocenters. The van der Waals surface area contributed by atoms with Gasteiger partial charge in [-0.15, -0.1) is 17.7 Å². The number of carbonyl (C=O) groups excluding carboxylic acids is 1. The van der Waals surface area contributed by atoms with E-state index in [-0.39, 0.29) is 5.91 Å². The molecule has 28 heavy (non-hydrogen) atoms. The lowest BCUT2D eigenvalue weighted by atomic mass is 10.1. The Labute approximate surface area is 170 Å². The van der Waals surface area contributed by atoms with E-state index in [0.29, 0.717) is 12.4 Å². The Balaban J connectivity index is 2.20. The molecule has 146 valence electrons. The first-order valence-corrected chi connectivity index (χ1v) is 10.0. The number of amides is 1. The molecule has 2 rings (SSSR count). The topological polar surface area (TPSA) is 60.5 Å². The largest absolute Gasteiger partial charge is 0.470 e. The highest BCUT2D eigenvalue weighted by molar-refractivity contribution is 7.99. The van der Waals surface area contributed by atoms with E-state index in [4.69, 9.17) is 9.47 Å². The lowest BCUT2D eigenvalue weighted by Crippen LogP contribution is -2.47. The zero-order valence-electron chi connectivity index (χ0n) is 16.8. The van der Waals surface area contributed by atoms with Gasteiger partial charge in [0.2, 0.25) is 5.44 Å². The zero-order valence-corrected chi connectivity index (χ0v) is 17.6. The average Bonchev–Trinajstić information content (AvgIpc) is 2.65. The van der Waals surface area contributed by atoms with Gasteiger partial charge in [-0.2, -0.15) is 0 Å². The maximum absolute atomic E-state index is 12.6. The number of nitrogens with one attached hydrogen (secondary N) is 1. The summed E-state index contributed by atoms with van der Waals surface area (Å²) in [6.45, 7) is 5.82. The Bertz CT molecular complexity index is 964. The van der Waals surface area contributed by atoms with Crippen molar-refractivity contribution in [1.82, 2.24) is 10.3 Å². The van der Waals surface area contributed by atoms with Gasteiger partial charge in [0, 0.05) is 24.3 Å². The van der Waals surface area contributed by atoms with Crippen LogP contribution in [0.4, 0.5) is 0 Å². The third-order valence-corrected chi connectivity index (χ3v) is 4.38. The van der Waals surface area contributed by atoms with Gasteiger partial charge >= 0.3 is 0 Å². The second-order valence-electron chi connectivity index (χ2n) is 6.49. The second-order valence-corrected chi connectivity index (χ2v) is 7.39. The molecule has 1 heterocycles. The molecule has 0 radical (unpaired) electrons. The van der Waals surface area contributed by atoms with Gasteiger partial charge in [0.1, 0.15) is 12.4 Å². The third kappa shape index (κ3) is 6.20. The van der Waals surface area contributed by atoms with E-state index in [1.165, 1.54) is 11.8 Å². The summed E-state index contributed by atoms with van der Waals surface area (Å²) >= 11 is 1.32. The van der Waals surface area contributed by atoms with Crippen LogP contribution in [0.3, 0.4) is 0 Å². The van der Waals surface area contributed by atoms with Gasteiger partial charge in [-0.05, 0) is 51.3 Å². The Kier molecular flexibility index (Phi) is 7.75. The number of methoxy groups -OCH3 is 1. The van der Waals surface area contributed by atoms with Crippen LogP contribution in [-0.2, 0) is 9.53 Å². The average molecular weight is 397 g/mol. The van der Waals surface area contributed by atoms with Gasteiger partial charge in [0.15, 0.2) is 0 Å². The number of rotatable bonds is 6. The maximum Gasteiger partial charge on any atom is 0.272 e. The predicted molar refractivity (Wildman–Crippen MR) is 114 cm³/mol. The van der Waals surface area contributed by atoms with E-state index in [9.17, 15) is 4.79 Å². The minimum atomic E-state index is -0.687. The minimum Gasteiger partial charge on any atom is -0.470 e. The first-order valence-electron chi connectivity index (χ1n) is 8.71. The van der Waals surface area contributed by atoms with Crippen molar-refractivity contribution in [1.29, 1.82) is 0 Å². The fraction of sp³-hybridized carbons (Fsp3) is 0.364. The minimum absolute atomic E-state index is 0.224. The van der Waals surface area contributed by atoms with Crippen LogP contribution < -0.4 is 10.1 Å². The van der Waals surface area contributed by atoms with Crippen LogP contribution in [0.1, 0.15) is 26.3 Å². The van der Waals surface area contributed by atoms with Gasteiger partial charge in [-0.1, -0.05) is 17.8 Å². The molecule has 1 amide bonds. The summed E-state index contributed by atoms with van der Waals surface area (Å²) < 4.78 is 10.9. The van der Waals surface area contributed by atoms with Gasteiger partial charge < -0.3 is 14.8 Å². The summed E-state index contributed by atoms with van der Waals surface area (Å²) in [6, 6.07) is 7.46. The van der Waals surface area contributed by atoms with Crippen molar-refractivity contribution in [2.75, 3.05) is 20.0 Å². The van der Waals surface area contributed by atoms with Crippen molar-refractivity contribution in [3.8, 4) is 29.4 Å². The molecule has 0 aliphatic rings. The van der Waals surface area contributed by atoms with Crippen LogP contribution in [0, 0.1) is 23.7 Å². The summed E-state index contributed by atoms with van der Waals surface area (Å²) in [5, 5.41) is 3.79. The van der Waals surface area contributed by atoms with Crippen molar-refractivity contribution in [2.45, 2.75) is 31.7 Å². The molecule has 0 fully saturated rings. The number of pyridine rings is 1. The van der Waals surface area contributed by atoms with E-state index < -0.39 is 11.0 Å². The van der Waals surface area contributed by atoms with E-state index in [1.807, 2.05) is 38.3 Å². The molecule has 0 aliphatic heterocycles. The Morgan fingerprint density at radius 2 is 2.14 bits per heavy atom. The molecule has 0 aliphatic carbocycles. The number of hydrogen-bond donors (Lipinski definition) is 1. The van der Waals surface area contributed by atoms with Crippen LogP contribution in [0.25, 0.3) is 10.9 Å². The zero-order chi connectivity index (χ0) is 20.6. The van der Waals surface area contributed by atoms with E-state index in [0.717, 1.165) is 16.5 Å². The molecule has 0 saturated heterocycles. The highest BCUT2D eigenvalue weighted by atomic mass is 32.2. The molecule has 6 heteroatoms. The Hall–Kier alpha value is -2.67. The molecule has 0 spiro atoms. The Morgan fingerprint density at radius 3 is 2.82 bits per heavy atom. The first-order chi connectivity index (χ1) is 13.4. The molecule has 0 bridgehead atoms. The standard InChI is InChI=1S/C22H24N2O3S/c1-6-11-22(2,3)24-20(25)21(28-5)27-18-9-10-19-17(14-18)13-16(15-23-19)8-7-12-26-4/h9-10,13-15,21H,12H2,1-5H3,(H,24,25). The Morgan fingerprint density at radius 1 is 1.36 bits per heavy atom. The van der Waals surface area contributed by atoms with E-state index in [1.54, 1.807) is 26.3 Å². The fourth-order valence-corrected chi connectivity index (χ4v) is 2.98. The summed E-state index contributed by atoms with van der Waals surface area (Å²) in [5.74, 6) is 12.1. The summed E-state index contributed by atoms with van der Waals surface area (Å²) in [7, 11) is 1.60. The quantitative estimate of drug-likeness (QED) is 0.600. The molecule has 1 unspecified atom stereocenters. The SMILES string of the molecule is CC#CC(C)(C)NC(=O)C(Oc1ccc2ncc(C#CCOC)cc2c1)SC. The number of fused-ring (bicyclic) bond motifs is 1. The van der Waals surface area contributed by atoms with E-state index in [2.05, 4.69) is 34.0 Å². The lowest BCUT2D eigenvalue weighted by molar-refractivity contribution is -0.125. The number of benzene rings is 1. The lowest BCUT2D eigenvalue weighted by Gasteiger charge is -2.24. The van der Waals surface area contributed by atoms with Crippen molar-refractivity contribution in [3.05, 3.63) is 36.0 Å². The third-order valence-electron chi connectivity index (χ3n) is 3.65. The highest BCUT2D eigenvalue weighted by Crippen LogP contribution is 2.23. The van der Waals surface area contributed by atoms with E-state index >= 15 is 0 Å². The fourth-order valence-electron chi connectivity index (χ4n) is 2.50. The van der Waals surface area contributed by atoms with Crippen molar-refractivity contribution in [3.63, 3.8) is 0 Å². The van der Waals surface area contributed by atoms with Gasteiger partial charge in [-0.25, -0.2) is 0 Å². The molecule has 1 aromatic carbocycles. The normalized spacial score (nSPS) is 11.6. The second kappa shape index (κ2) is 10.0. The number of aromatic nitrogens is 1. The first kappa shape index (κ1) is 21.6. The number of ether oxygens (including phenoxy) is 2. The molecule has 1 N–H and O–H groups in total. The highest BCUT2D eigenvalue weighted by Gasteiger charge is 2.25.